The van der Waals surface area contributed by atoms with E-state index >= 15 is 0 Å². The van der Waals surface area contributed by atoms with Crippen molar-refractivity contribution in [1.82, 2.24) is 9.62 Å². The van der Waals surface area contributed by atoms with Gasteiger partial charge in [-0.1, -0.05) is 13.8 Å². The molecule has 104 valence electrons. The number of sulfonamides is 1. The van der Waals surface area contributed by atoms with Gasteiger partial charge in [-0.05, 0) is 25.5 Å². The van der Waals surface area contributed by atoms with E-state index in [4.69, 9.17) is 0 Å². The average molecular weight is 290 g/mol. The fourth-order valence-electron chi connectivity index (χ4n) is 1.50. The molecule has 1 heterocycles. The van der Waals surface area contributed by atoms with E-state index in [2.05, 4.69) is 19.2 Å². The lowest BCUT2D eigenvalue weighted by atomic mass is 10.1. The predicted molar refractivity (Wildman–Crippen MR) is 76.4 cm³/mol. The molecule has 0 fully saturated rings. The summed E-state index contributed by atoms with van der Waals surface area (Å²) in [5.74, 6) is 0.505. The molecule has 1 aromatic heterocycles. The summed E-state index contributed by atoms with van der Waals surface area (Å²) in [6, 6.07) is 1.75. The first-order valence-electron chi connectivity index (χ1n) is 6.06. The van der Waals surface area contributed by atoms with Crippen molar-refractivity contribution in [2.45, 2.75) is 31.7 Å². The summed E-state index contributed by atoms with van der Waals surface area (Å²) in [5.41, 5.74) is 0. The van der Waals surface area contributed by atoms with Gasteiger partial charge in [0, 0.05) is 30.4 Å². The van der Waals surface area contributed by atoms with E-state index in [1.165, 1.54) is 15.6 Å². The van der Waals surface area contributed by atoms with Gasteiger partial charge in [0.2, 0.25) is 10.0 Å². The highest BCUT2D eigenvalue weighted by molar-refractivity contribution is 7.89. The van der Waals surface area contributed by atoms with Gasteiger partial charge in [0.25, 0.3) is 0 Å². The van der Waals surface area contributed by atoms with Crippen molar-refractivity contribution in [3.8, 4) is 0 Å². The van der Waals surface area contributed by atoms with Gasteiger partial charge in [-0.15, -0.1) is 11.3 Å². The molecule has 0 unspecified atom stereocenters. The zero-order valence-corrected chi connectivity index (χ0v) is 13.1. The van der Waals surface area contributed by atoms with Crippen molar-refractivity contribution >= 4 is 21.4 Å². The summed E-state index contributed by atoms with van der Waals surface area (Å²) >= 11 is 1.47. The molecule has 0 saturated carbocycles. The van der Waals surface area contributed by atoms with Gasteiger partial charge in [0.05, 0.1) is 4.90 Å². The summed E-state index contributed by atoms with van der Waals surface area (Å²) in [6.45, 7) is 5.46. The van der Waals surface area contributed by atoms with Gasteiger partial charge in [0.15, 0.2) is 0 Å². The Morgan fingerprint density at radius 1 is 1.44 bits per heavy atom. The third-order valence-electron chi connectivity index (χ3n) is 2.71. The van der Waals surface area contributed by atoms with Crippen molar-refractivity contribution in [3.05, 3.63) is 16.3 Å². The first-order valence-corrected chi connectivity index (χ1v) is 8.38. The quantitative estimate of drug-likeness (QED) is 0.837. The summed E-state index contributed by atoms with van der Waals surface area (Å²) in [7, 11) is 0.180. The van der Waals surface area contributed by atoms with Crippen LogP contribution in [-0.2, 0) is 16.6 Å². The molecule has 0 aliphatic rings. The minimum Gasteiger partial charge on any atom is -0.315 e. The highest BCUT2D eigenvalue weighted by atomic mass is 32.2. The molecule has 0 amide bonds. The van der Waals surface area contributed by atoms with Gasteiger partial charge in [-0.25, -0.2) is 12.7 Å². The summed E-state index contributed by atoms with van der Waals surface area (Å²) in [5, 5.41) is 4.74. The summed E-state index contributed by atoms with van der Waals surface area (Å²) in [4.78, 5) is 1.44. The van der Waals surface area contributed by atoms with E-state index in [-0.39, 0.29) is 0 Å². The van der Waals surface area contributed by atoms with Gasteiger partial charge in [-0.2, -0.15) is 0 Å². The van der Waals surface area contributed by atoms with Gasteiger partial charge < -0.3 is 5.32 Å². The van der Waals surface area contributed by atoms with Crippen LogP contribution in [0.4, 0.5) is 0 Å². The van der Waals surface area contributed by atoms with E-state index in [9.17, 15) is 8.42 Å². The summed E-state index contributed by atoms with van der Waals surface area (Å²) in [6.07, 6.45) is 0.878. The fourth-order valence-corrected chi connectivity index (χ4v) is 3.96. The normalized spacial score (nSPS) is 12.6. The van der Waals surface area contributed by atoms with E-state index < -0.39 is 10.0 Å². The molecule has 1 aromatic rings. The molecular formula is C12H22N2O2S2. The monoisotopic (exact) mass is 290 g/mol. The van der Waals surface area contributed by atoms with Crippen molar-refractivity contribution in [2.75, 3.05) is 20.6 Å². The molecule has 0 aromatic carbocycles. The Balaban J connectivity index is 2.77. The maximum Gasteiger partial charge on any atom is 0.243 e. The van der Waals surface area contributed by atoms with Crippen LogP contribution in [0.3, 0.4) is 0 Å². The number of nitrogens with one attached hydrogen (secondary N) is 1. The standard InChI is InChI=1S/C12H22N2O2S2/c1-10(2)5-6-14(4)18(15,16)12-7-11(8-13-3)17-9-12/h7,9-10,13H,5-6,8H2,1-4H3. The second-order valence-electron chi connectivity index (χ2n) is 4.79. The van der Waals surface area contributed by atoms with Crippen molar-refractivity contribution in [3.63, 3.8) is 0 Å². The molecule has 0 aliphatic carbocycles. The molecule has 0 bridgehead atoms. The number of hydrogen-bond donors (Lipinski definition) is 1. The molecule has 1 N–H and O–H groups in total. The van der Waals surface area contributed by atoms with Crippen LogP contribution in [-0.4, -0.2) is 33.4 Å². The van der Waals surface area contributed by atoms with E-state index in [0.29, 0.717) is 23.9 Å². The molecule has 1 rings (SSSR count). The number of hydrogen-bond acceptors (Lipinski definition) is 4. The SMILES string of the molecule is CNCc1cc(S(=O)(=O)N(C)CCC(C)C)cs1. The van der Waals surface area contributed by atoms with E-state index in [1.807, 2.05) is 7.05 Å². The van der Waals surface area contributed by atoms with Gasteiger partial charge in [-0.3, -0.25) is 0 Å². The third-order valence-corrected chi connectivity index (χ3v) is 5.63. The third kappa shape index (κ3) is 4.05. The van der Waals surface area contributed by atoms with Crippen LogP contribution in [0.5, 0.6) is 0 Å². The second kappa shape index (κ2) is 6.65. The number of thiophene rings is 1. The van der Waals surface area contributed by atoms with Crippen LogP contribution in [0, 0.1) is 5.92 Å². The second-order valence-corrected chi connectivity index (χ2v) is 7.83. The van der Waals surface area contributed by atoms with Crippen LogP contribution in [0.25, 0.3) is 0 Å². The fraction of sp³-hybridized carbons (Fsp3) is 0.667. The Morgan fingerprint density at radius 3 is 2.67 bits per heavy atom. The highest BCUT2D eigenvalue weighted by Crippen LogP contribution is 2.22. The first-order chi connectivity index (χ1) is 8.37. The maximum absolute atomic E-state index is 12.3. The Hall–Kier alpha value is -0.430. The molecule has 0 radical (unpaired) electrons. The van der Waals surface area contributed by atoms with Crippen LogP contribution < -0.4 is 5.32 Å². The average Bonchev–Trinajstić information content (AvgIpc) is 2.75. The lowest BCUT2D eigenvalue weighted by Gasteiger charge is -2.17. The van der Waals surface area contributed by atoms with Crippen LogP contribution >= 0.6 is 11.3 Å². The van der Waals surface area contributed by atoms with Crippen LogP contribution in [0.2, 0.25) is 0 Å². The lowest BCUT2D eigenvalue weighted by molar-refractivity contribution is 0.428. The zero-order valence-electron chi connectivity index (χ0n) is 11.4. The molecule has 6 heteroatoms. The Morgan fingerprint density at radius 2 is 2.11 bits per heavy atom. The van der Waals surface area contributed by atoms with E-state index in [1.54, 1.807) is 18.5 Å². The smallest absolute Gasteiger partial charge is 0.243 e. The Kier molecular flexibility index (Phi) is 5.78. The Labute approximate surface area is 114 Å². The van der Waals surface area contributed by atoms with Gasteiger partial charge >= 0.3 is 0 Å². The molecule has 0 atom stereocenters. The van der Waals surface area contributed by atoms with Crippen molar-refractivity contribution in [2.24, 2.45) is 5.92 Å². The van der Waals surface area contributed by atoms with E-state index in [0.717, 1.165) is 11.3 Å². The largest absolute Gasteiger partial charge is 0.315 e. The van der Waals surface area contributed by atoms with Gasteiger partial charge in [0.1, 0.15) is 0 Å². The molecule has 0 aliphatic heterocycles. The topological polar surface area (TPSA) is 49.4 Å². The minimum atomic E-state index is -3.32. The molecule has 0 saturated heterocycles. The number of rotatable bonds is 7. The predicted octanol–water partition coefficient (Wildman–Crippen LogP) is 2.13. The molecule has 18 heavy (non-hydrogen) atoms. The zero-order chi connectivity index (χ0) is 13.8. The van der Waals surface area contributed by atoms with Crippen LogP contribution in [0.15, 0.2) is 16.3 Å². The maximum atomic E-state index is 12.3. The van der Waals surface area contributed by atoms with Crippen molar-refractivity contribution in [1.29, 1.82) is 0 Å². The van der Waals surface area contributed by atoms with Crippen LogP contribution in [0.1, 0.15) is 25.1 Å². The van der Waals surface area contributed by atoms with Crippen molar-refractivity contribution < 1.29 is 8.42 Å². The molecule has 4 nitrogen and oxygen atoms in total. The Bertz CT molecular complexity index is 466. The lowest BCUT2D eigenvalue weighted by Crippen LogP contribution is -2.28. The summed E-state index contributed by atoms with van der Waals surface area (Å²) < 4.78 is 26.0. The highest BCUT2D eigenvalue weighted by Gasteiger charge is 2.21. The molecular weight excluding hydrogens is 268 g/mol. The molecule has 0 spiro atoms. The first kappa shape index (κ1) is 15.6. The minimum absolute atomic E-state index is 0.406. The number of nitrogens with zero attached hydrogens (tertiary/aromatic N) is 1.